The second-order valence-corrected chi connectivity index (χ2v) is 10.1. The number of rotatable bonds is 21. The minimum atomic E-state index is -0.647. The summed E-state index contributed by atoms with van der Waals surface area (Å²) >= 11 is 0. The van der Waals surface area contributed by atoms with Crippen LogP contribution in [-0.4, -0.2) is 62.7 Å². The van der Waals surface area contributed by atoms with Crippen molar-refractivity contribution in [1.29, 1.82) is 0 Å². The van der Waals surface area contributed by atoms with Crippen LogP contribution in [0.25, 0.3) is 0 Å². The maximum absolute atomic E-state index is 13.1. The minimum Gasteiger partial charge on any atom is -0.449 e. The summed E-state index contributed by atoms with van der Waals surface area (Å²) in [6, 6.07) is 9.03. The Labute approximate surface area is 236 Å². The van der Waals surface area contributed by atoms with Gasteiger partial charge in [0, 0.05) is 26.1 Å². The molecule has 8 heteroatoms. The van der Waals surface area contributed by atoms with E-state index in [2.05, 4.69) is 24.1 Å². The van der Waals surface area contributed by atoms with Gasteiger partial charge in [0.05, 0.1) is 6.04 Å². The molecule has 0 bridgehead atoms. The van der Waals surface area contributed by atoms with Gasteiger partial charge < -0.3 is 25.1 Å². The lowest BCUT2D eigenvalue weighted by molar-refractivity contribution is -0.121. The molecular formula is C31H49BN2O5. The van der Waals surface area contributed by atoms with E-state index in [0.29, 0.717) is 25.4 Å². The van der Waals surface area contributed by atoms with Crippen molar-refractivity contribution in [2.24, 2.45) is 5.92 Å². The summed E-state index contributed by atoms with van der Waals surface area (Å²) < 4.78 is 10.5. The van der Waals surface area contributed by atoms with E-state index in [9.17, 15) is 14.6 Å². The van der Waals surface area contributed by atoms with Gasteiger partial charge >= 0.3 is 13.0 Å². The molecule has 0 saturated carbocycles. The molecule has 1 aromatic carbocycles. The first-order valence-electron chi connectivity index (χ1n) is 14.1. The molecule has 0 saturated heterocycles. The normalized spacial score (nSPS) is 14.0. The van der Waals surface area contributed by atoms with Gasteiger partial charge in [0.1, 0.15) is 6.61 Å². The van der Waals surface area contributed by atoms with E-state index in [0.717, 1.165) is 49.8 Å². The highest BCUT2D eigenvalue weighted by atomic mass is 16.5. The van der Waals surface area contributed by atoms with E-state index in [1.807, 2.05) is 56.2 Å². The quantitative estimate of drug-likeness (QED) is 0.111. The van der Waals surface area contributed by atoms with Crippen LogP contribution in [0.15, 0.2) is 66.8 Å². The van der Waals surface area contributed by atoms with Crippen LogP contribution < -0.4 is 10.6 Å². The first kappa shape index (κ1) is 34.4. The van der Waals surface area contributed by atoms with E-state index >= 15 is 0 Å². The summed E-state index contributed by atoms with van der Waals surface area (Å²) in [6.07, 6.45) is 11.8. The summed E-state index contributed by atoms with van der Waals surface area (Å²) in [5, 5.41) is 16.3. The van der Waals surface area contributed by atoms with Gasteiger partial charge in [-0.3, -0.25) is 4.79 Å². The molecular weight excluding hydrogens is 491 g/mol. The fourth-order valence-corrected chi connectivity index (χ4v) is 4.33. The maximum atomic E-state index is 13.1. The highest BCUT2D eigenvalue weighted by Gasteiger charge is 2.22. The molecule has 0 aliphatic heterocycles. The Hall–Kier alpha value is -2.68. The van der Waals surface area contributed by atoms with E-state index in [4.69, 9.17) is 9.47 Å². The Morgan fingerprint density at radius 1 is 1.15 bits per heavy atom. The standard InChI is InChI=1S/C31H49BN2O5/c1-6-14-27(15-7-2)24-39-31(36)34-28(22-26-17-9-8-10-18-26)29(35)19-12-11-16-25(3)23-33-30(32(4)37)20-13-21-38-5/h6-10,14-15,17-18,25,28,30,33,37H,1,11-13,16,19-24H2,2-5H3,(H,34,36)/b15-7-,27-14+/t25?,28-,30?/m1/s1. The Kier molecular flexibility index (Phi) is 18.7. The first-order chi connectivity index (χ1) is 18.8. The highest BCUT2D eigenvalue weighted by molar-refractivity contribution is 6.50. The molecule has 0 aromatic heterocycles. The second-order valence-electron chi connectivity index (χ2n) is 10.1. The fourth-order valence-electron chi connectivity index (χ4n) is 4.33. The van der Waals surface area contributed by atoms with E-state index in [1.54, 1.807) is 19.3 Å². The van der Waals surface area contributed by atoms with Crippen molar-refractivity contribution >= 4 is 18.8 Å². The van der Waals surface area contributed by atoms with Crippen molar-refractivity contribution in [2.75, 3.05) is 26.9 Å². The van der Waals surface area contributed by atoms with Crippen LogP contribution in [0.1, 0.15) is 57.9 Å². The number of allylic oxidation sites excluding steroid dienone is 3. The summed E-state index contributed by atoms with van der Waals surface area (Å²) in [5.41, 5.74) is 1.79. The van der Waals surface area contributed by atoms with E-state index in [1.165, 1.54) is 0 Å². The molecule has 0 heterocycles. The van der Waals surface area contributed by atoms with Crippen LogP contribution in [0, 0.1) is 5.92 Å². The Bertz CT molecular complexity index is 888. The van der Waals surface area contributed by atoms with Gasteiger partial charge in [0.15, 0.2) is 5.78 Å². The number of benzene rings is 1. The van der Waals surface area contributed by atoms with Gasteiger partial charge in [-0.25, -0.2) is 4.79 Å². The zero-order valence-corrected chi connectivity index (χ0v) is 24.4. The number of ether oxygens (including phenoxy) is 2. The molecule has 216 valence electrons. The lowest BCUT2D eigenvalue weighted by Gasteiger charge is -2.22. The molecule has 0 aliphatic rings. The Balaban J connectivity index is 2.57. The van der Waals surface area contributed by atoms with Crippen molar-refractivity contribution in [2.45, 2.75) is 77.6 Å². The molecule has 2 unspecified atom stereocenters. The van der Waals surface area contributed by atoms with Crippen molar-refractivity contribution in [3.05, 3.63) is 72.4 Å². The van der Waals surface area contributed by atoms with Crippen molar-refractivity contribution in [1.82, 2.24) is 10.6 Å². The van der Waals surface area contributed by atoms with Crippen LogP contribution in [-0.2, 0) is 20.7 Å². The topological polar surface area (TPSA) is 96.9 Å². The number of carbonyl (C=O) groups excluding carboxylic acids is 2. The largest absolute Gasteiger partial charge is 0.449 e. The molecule has 1 rings (SSSR count). The number of amides is 1. The Morgan fingerprint density at radius 2 is 1.90 bits per heavy atom. The van der Waals surface area contributed by atoms with E-state index < -0.39 is 19.1 Å². The van der Waals surface area contributed by atoms with Gasteiger partial charge in [-0.15, -0.1) is 0 Å². The summed E-state index contributed by atoms with van der Waals surface area (Å²) in [5.74, 6) is 0.478. The van der Waals surface area contributed by atoms with Crippen molar-refractivity contribution < 1.29 is 24.1 Å². The average molecular weight is 541 g/mol. The molecule has 7 nitrogen and oxygen atoms in total. The van der Waals surface area contributed by atoms with Gasteiger partial charge in [0.25, 0.3) is 0 Å². The van der Waals surface area contributed by atoms with E-state index in [-0.39, 0.29) is 18.3 Å². The minimum absolute atomic E-state index is 0.00389. The number of ketones is 1. The van der Waals surface area contributed by atoms with Crippen LogP contribution in [0.5, 0.6) is 0 Å². The molecule has 1 aromatic rings. The molecule has 0 fully saturated rings. The number of hydrogen-bond donors (Lipinski definition) is 3. The predicted octanol–water partition coefficient (Wildman–Crippen LogP) is 5.32. The van der Waals surface area contributed by atoms with Crippen molar-refractivity contribution in [3.8, 4) is 0 Å². The number of carbonyl (C=O) groups is 2. The fraction of sp³-hybridized carbons (Fsp3) is 0.548. The predicted molar refractivity (Wildman–Crippen MR) is 161 cm³/mol. The molecule has 0 spiro atoms. The number of methoxy groups -OCH3 is 1. The SMILES string of the molecule is C=C/C=C(\C=C/C)COC(=O)N[C@H](Cc1ccccc1)C(=O)CCCCC(C)CNC(CCCOC)B(C)O. The molecule has 3 atom stereocenters. The molecule has 39 heavy (non-hydrogen) atoms. The number of alkyl carbamates (subject to hydrolysis) is 1. The summed E-state index contributed by atoms with van der Waals surface area (Å²) in [4.78, 5) is 25.7. The zero-order valence-electron chi connectivity index (χ0n) is 24.4. The third kappa shape index (κ3) is 16.1. The third-order valence-electron chi connectivity index (χ3n) is 6.59. The Morgan fingerprint density at radius 3 is 2.54 bits per heavy atom. The molecule has 0 radical (unpaired) electrons. The molecule has 3 N–H and O–H groups in total. The number of unbranched alkanes of at least 4 members (excludes halogenated alkanes) is 1. The smallest absolute Gasteiger partial charge is 0.408 e. The van der Waals surface area contributed by atoms with Crippen molar-refractivity contribution in [3.63, 3.8) is 0 Å². The summed E-state index contributed by atoms with van der Waals surface area (Å²) in [7, 11) is 1.69. The molecule has 0 aliphatic carbocycles. The van der Waals surface area contributed by atoms with Gasteiger partial charge in [-0.1, -0.05) is 81.4 Å². The van der Waals surface area contributed by atoms with Crippen LogP contribution in [0.3, 0.4) is 0 Å². The number of nitrogens with one attached hydrogen (secondary N) is 2. The van der Waals surface area contributed by atoms with Gasteiger partial charge in [-0.05, 0) is 62.6 Å². The van der Waals surface area contributed by atoms with Crippen LogP contribution in [0.2, 0.25) is 6.82 Å². The number of hydrogen-bond acceptors (Lipinski definition) is 6. The average Bonchev–Trinajstić information content (AvgIpc) is 2.91. The molecule has 1 amide bonds. The van der Waals surface area contributed by atoms with Gasteiger partial charge in [-0.2, -0.15) is 0 Å². The lowest BCUT2D eigenvalue weighted by Crippen LogP contribution is -2.43. The first-order valence-corrected chi connectivity index (χ1v) is 14.1. The van der Waals surface area contributed by atoms with Crippen LogP contribution in [0.4, 0.5) is 4.79 Å². The van der Waals surface area contributed by atoms with Gasteiger partial charge in [0.2, 0.25) is 0 Å². The maximum Gasteiger partial charge on any atom is 0.408 e. The van der Waals surface area contributed by atoms with Crippen LogP contribution >= 0.6 is 0 Å². The third-order valence-corrected chi connectivity index (χ3v) is 6.59. The lowest BCUT2D eigenvalue weighted by atomic mass is 9.62. The second kappa shape index (κ2) is 21.2. The highest BCUT2D eigenvalue weighted by Crippen LogP contribution is 2.13. The number of Topliss-reactive ketones (excluding diaryl/α,β-unsaturated/α-hetero) is 1. The summed E-state index contributed by atoms with van der Waals surface area (Å²) in [6.45, 7) is 10.8. The zero-order chi connectivity index (χ0) is 28.9. The monoisotopic (exact) mass is 540 g/mol.